The van der Waals surface area contributed by atoms with Crippen LogP contribution in [0.15, 0.2) is 24.3 Å². The Morgan fingerprint density at radius 2 is 1.06 bits per heavy atom. The highest BCUT2D eigenvalue weighted by molar-refractivity contribution is 5.97. The third-order valence-corrected chi connectivity index (χ3v) is 9.98. The fourth-order valence-electron chi connectivity index (χ4n) is 5.99. The fourth-order valence-corrected chi connectivity index (χ4v) is 5.99. The van der Waals surface area contributed by atoms with E-state index < -0.39 is 23.4 Å². The van der Waals surface area contributed by atoms with Gasteiger partial charge >= 0.3 is 12.0 Å². The normalized spacial score (nSPS) is 12.4. The van der Waals surface area contributed by atoms with Crippen LogP contribution in [0.3, 0.4) is 0 Å². The van der Waals surface area contributed by atoms with E-state index in [1.165, 1.54) is 0 Å². The molecule has 0 saturated heterocycles. The number of primary amides is 1. The molecule has 0 aromatic heterocycles. The van der Waals surface area contributed by atoms with E-state index in [4.69, 9.17) is 48.4 Å². The molecule has 1 aromatic carbocycles. The highest BCUT2D eigenvalue weighted by atomic mass is 16.6. The molecule has 69 heavy (non-hydrogen) atoms. The Labute approximate surface area is 410 Å². The number of amides is 5. The summed E-state index contributed by atoms with van der Waals surface area (Å²) in [7, 11) is 0. The molecule has 0 aliphatic carbocycles. The minimum atomic E-state index is -0.826. The number of rotatable bonds is 43. The summed E-state index contributed by atoms with van der Waals surface area (Å²) in [6.07, 6.45) is 2.00. The first-order valence-electron chi connectivity index (χ1n) is 24.3. The summed E-state index contributed by atoms with van der Waals surface area (Å²) in [5, 5.41) is 11.0. The highest BCUT2D eigenvalue weighted by Crippen LogP contribution is 2.21. The van der Waals surface area contributed by atoms with Gasteiger partial charge in [-0.25, -0.2) is 4.79 Å². The number of ether oxygens (including phenoxy) is 9. The first-order valence-corrected chi connectivity index (χ1v) is 24.3. The zero-order chi connectivity index (χ0) is 51.1. The number of Topliss-reactive ketones (excluding diaryl/α,β-unsaturated/α-hetero) is 1. The molecule has 20 heteroatoms. The van der Waals surface area contributed by atoms with Gasteiger partial charge in [-0.3, -0.25) is 24.0 Å². The zero-order valence-corrected chi connectivity index (χ0v) is 42.5. The van der Waals surface area contributed by atoms with Crippen LogP contribution in [0.5, 0.6) is 0 Å². The lowest BCUT2D eigenvalue weighted by atomic mass is 9.89. The van der Waals surface area contributed by atoms with Crippen LogP contribution in [-0.4, -0.2) is 160 Å². The summed E-state index contributed by atoms with van der Waals surface area (Å²) < 4.78 is 49.4. The minimum absolute atomic E-state index is 0.0312. The number of carbonyl (C=O) groups is 6. The van der Waals surface area contributed by atoms with Gasteiger partial charge in [0.2, 0.25) is 17.7 Å². The Morgan fingerprint density at radius 3 is 1.51 bits per heavy atom. The first-order chi connectivity index (χ1) is 33.0. The highest BCUT2D eigenvalue weighted by Gasteiger charge is 2.29. The predicted molar refractivity (Wildman–Crippen MR) is 259 cm³/mol. The van der Waals surface area contributed by atoms with Crippen molar-refractivity contribution in [2.45, 2.75) is 99.6 Å². The molecule has 0 bridgehead atoms. The molecule has 0 aliphatic heterocycles. The molecule has 1 rings (SSSR count). The lowest BCUT2D eigenvalue weighted by Crippen LogP contribution is -2.45. The van der Waals surface area contributed by atoms with Gasteiger partial charge in [0.1, 0.15) is 6.61 Å². The lowest BCUT2D eigenvalue weighted by molar-refractivity contribution is -0.154. The molecule has 0 radical (unpaired) electrons. The molecule has 5 amide bonds. The number of urea groups is 1. The third kappa shape index (κ3) is 35.5. The van der Waals surface area contributed by atoms with Crippen LogP contribution >= 0.6 is 0 Å². The molecular weight excluding hydrogens is 899 g/mol. The standard InChI is InChI=1S/C49H85N5O15/c1-37(2)10-15-43(56)51-18-20-62-22-24-64-26-28-66-30-32-68-34-33-67-31-29-65-27-25-63-23-21-61-19-16-44(57)54-45(38(3)4)42(55)35-40(9-8-17-52-48(50)60)46(58)53-41-13-11-39(12-14-41)36-69-47(59)49(5,6)7/h11-14,37-38,40,45H,8-10,15-36H2,1-7H3,(H,51,56)(H,53,58)(H,54,57)(H3,50,52,60)/t40-,45+/m1/s1. The molecule has 1 aromatic rings. The molecule has 0 fully saturated rings. The fraction of sp³-hybridized carbons (Fsp3) is 0.755. The Hall–Kier alpha value is -4.28. The van der Waals surface area contributed by atoms with Crippen molar-refractivity contribution in [3.8, 4) is 0 Å². The van der Waals surface area contributed by atoms with E-state index in [9.17, 15) is 28.8 Å². The minimum Gasteiger partial charge on any atom is -0.460 e. The second-order valence-corrected chi connectivity index (χ2v) is 18.0. The quantitative estimate of drug-likeness (QED) is 0.0459. The molecule has 0 saturated carbocycles. The SMILES string of the molecule is CC(C)CCC(=O)NCCOCCOCCOCCOCCOCCOCCOCCOCCC(=O)N[C@H](C(=O)C[C@@H](CCCNC(N)=O)C(=O)Nc1ccc(COC(=O)C(C)(C)C)cc1)C(C)C. The molecule has 0 unspecified atom stereocenters. The summed E-state index contributed by atoms with van der Waals surface area (Å²) in [6, 6.07) is 5.33. The maximum Gasteiger partial charge on any atom is 0.312 e. The van der Waals surface area contributed by atoms with Gasteiger partial charge in [0.05, 0.1) is 117 Å². The third-order valence-electron chi connectivity index (χ3n) is 9.98. The van der Waals surface area contributed by atoms with Crippen molar-refractivity contribution < 1.29 is 71.4 Å². The molecule has 396 valence electrons. The number of benzene rings is 1. The van der Waals surface area contributed by atoms with Crippen LogP contribution in [-0.2, 0) is 73.2 Å². The molecule has 2 atom stereocenters. The van der Waals surface area contributed by atoms with Gasteiger partial charge in [-0.1, -0.05) is 39.8 Å². The van der Waals surface area contributed by atoms with Gasteiger partial charge in [0.25, 0.3) is 0 Å². The second-order valence-electron chi connectivity index (χ2n) is 18.0. The molecule has 0 aliphatic rings. The van der Waals surface area contributed by atoms with Crippen LogP contribution in [0.1, 0.15) is 92.6 Å². The number of hydrogen-bond donors (Lipinski definition) is 5. The number of hydrogen-bond acceptors (Lipinski definition) is 15. The molecule has 20 nitrogen and oxygen atoms in total. The Kier molecular flexibility index (Phi) is 35.9. The Morgan fingerprint density at radius 1 is 0.580 bits per heavy atom. The van der Waals surface area contributed by atoms with Crippen molar-refractivity contribution in [2.75, 3.05) is 124 Å². The van der Waals surface area contributed by atoms with E-state index in [-0.39, 0.29) is 81.0 Å². The van der Waals surface area contributed by atoms with E-state index in [1.807, 2.05) is 13.8 Å². The van der Waals surface area contributed by atoms with Crippen LogP contribution in [0.2, 0.25) is 0 Å². The van der Waals surface area contributed by atoms with E-state index in [0.29, 0.717) is 123 Å². The van der Waals surface area contributed by atoms with Crippen LogP contribution in [0.25, 0.3) is 0 Å². The summed E-state index contributed by atoms with van der Waals surface area (Å²) in [4.78, 5) is 74.9. The van der Waals surface area contributed by atoms with Gasteiger partial charge in [-0.2, -0.15) is 0 Å². The van der Waals surface area contributed by atoms with Crippen molar-refractivity contribution in [2.24, 2.45) is 28.9 Å². The maximum atomic E-state index is 13.6. The average molecular weight is 984 g/mol. The topological polar surface area (TPSA) is 260 Å². The predicted octanol–water partition coefficient (Wildman–Crippen LogP) is 3.95. The Bertz CT molecular complexity index is 1560. The largest absolute Gasteiger partial charge is 0.460 e. The number of ketones is 1. The van der Waals surface area contributed by atoms with Gasteiger partial charge < -0.3 is 69.6 Å². The van der Waals surface area contributed by atoms with Gasteiger partial charge in [0.15, 0.2) is 5.78 Å². The van der Waals surface area contributed by atoms with Crippen LogP contribution < -0.4 is 27.0 Å². The van der Waals surface area contributed by atoms with Gasteiger partial charge in [-0.15, -0.1) is 0 Å². The number of anilines is 1. The van der Waals surface area contributed by atoms with Gasteiger partial charge in [0, 0.05) is 44.0 Å². The van der Waals surface area contributed by atoms with Crippen molar-refractivity contribution in [3.05, 3.63) is 29.8 Å². The zero-order valence-electron chi connectivity index (χ0n) is 42.5. The van der Waals surface area contributed by atoms with E-state index >= 15 is 0 Å². The number of carbonyl (C=O) groups excluding carboxylic acids is 6. The lowest BCUT2D eigenvalue weighted by Gasteiger charge is -2.24. The van der Waals surface area contributed by atoms with Crippen molar-refractivity contribution in [1.82, 2.24) is 16.0 Å². The molecular formula is C49H85N5O15. The Balaban J connectivity index is 2.16. The molecule has 0 spiro atoms. The monoisotopic (exact) mass is 984 g/mol. The summed E-state index contributed by atoms with van der Waals surface area (Å²) in [6.45, 7) is 20.3. The van der Waals surface area contributed by atoms with E-state index in [2.05, 4.69) is 35.1 Å². The second kappa shape index (κ2) is 39.4. The van der Waals surface area contributed by atoms with Crippen LogP contribution in [0.4, 0.5) is 10.5 Å². The van der Waals surface area contributed by atoms with Crippen molar-refractivity contribution in [3.63, 3.8) is 0 Å². The smallest absolute Gasteiger partial charge is 0.312 e. The maximum absolute atomic E-state index is 13.6. The summed E-state index contributed by atoms with van der Waals surface area (Å²) in [5.74, 6) is -1.80. The summed E-state index contributed by atoms with van der Waals surface area (Å²) >= 11 is 0. The molecule has 6 N–H and O–H groups in total. The average Bonchev–Trinajstić information content (AvgIpc) is 3.29. The van der Waals surface area contributed by atoms with Gasteiger partial charge in [-0.05, 0) is 69.6 Å². The molecule has 0 heterocycles. The number of nitrogens with one attached hydrogen (secondary N) is 4. The van der Waals surface area contributed by atoms with E-state index in [0.717, 1.165) is 12.0 Å². The summed E-state index contributed by atoms with van der Waals surface area (Å²) in [5.41, 5.74) is 5.80. The number of esters is 1. The first kappa shape index (κ1) is 62.7. The van der Waals surface area contributed by atoms with Crippen molar-refractivity contribution in [1.29, 1.82) is 0 Å². The van der Waals surface area contributed by atoms with Crippen molar-refractivity contribution >= 4 is 41.2 Å². The van der Waals surface area contributed by atoms with Crippen LogP contribution in [0, 0.1) is 23.2 Å². The van der Waals surface area contributed by atoms with E-state index in [1.54, 1.807) is 45.0 Å². The number of nitrogens with two attached hydrogens (primary N) is 1.